The number of carboxylic acids is 1. The molecule has 0 aromatic carbocycles. The van der Waals surface area contributed by atoms with Crippen LogP contribution in [0, 0.1) is 0 Å². The molecule has 0 spiro atoms. The number of amides is 2. The number of carboxylic acid groups (broad SMARTS) is 1. The zero-order valence-corrected chi connectivity index (χ0v) is 11.4. The minimum Gasteiger partial charge on any atom is -0.479 e. The summed E-state index contributed by atoms with van der Waals surface area (Å²) in [6.07, 6.45) is 0.352. The van der Waals surface area contributed by atoms with Crippen LogP contribution in [0.25, 0.3) is 0 Å². The Bertz CT molecular complexity index is 459. The summed E-state index contributed by atoms with van der Waals surface area (Å²) < 4.78 is 22.7. The molecular formula is C10H18N2O6S. The molecule has 1 heterocycles. The van der Waals surface area contributed by atoms with Crippen LogP contribution in [0.15, 0.2) is 0 Å². The summed E-state index contributed by atoms with van der Waals surface area (Å²) in [7, 11) is -3.11. The number of rotatable bonds is 3. The Hall–Kier alpha value is -1.35. The Kier molecular flexibility index (Phi) is 4.75. The fourth-order valence-electron chi connectivity index (χ4n) is 1.58. The van der Waals surface area contributed by atoms with Gasteiger partial charge in [0.15, 0.2) is 15.4 Å². The molecule has 2 amide bonds. The van der Waals surface area contributed by atoms with Crippen molar-refractivity contribution in [1.82, 2.24) is 10.2 Å². The van der Waals surface area contributed by atoms with E-state index >= 15 is 0 Å². The second-order valence-corrected chi connectivity index (χ2v) is 7.03. The third kappa shape index (κ3) is 4.67. The lowest BCUT2D eigenvalue weighted by Gasteiger charge is -2.23. The van der Waals surface area contributed by atoms with Gasteiger partial charge in [0.25, 0.3) is 0 Å². The van der Waals surface area contributed by atoms with Crippen LogP contribution in [0.1, 0.15) is 13.3 Å². The molecule has 3 N–H and O–H groups in total. The summed E-state index contributed by atoms with van der Waals surface area (Å²) in [6.45, 7) is 0.997. The third-order valence-corrected chi connectivity index (χ3v) is 4.60. The molecule has 8 nitrogen and oxygen atoms in total. The van der Waals surface area contributed by atoms with E-state index in [1.807, 2.05) is 0 Å². The lowest BCUT2D eigenvalue weighted by atomic mass is 10.1. The predicted octanol–water partition coefficient (Wildman–Crippen LogP) is -1.35. The van der Waals surface area contributed by atoms with E-state index in [1.165, 1.54) is 4.90 Å². The maximum Gasteiger partial charge on any atom is 0.337 e. The van der Waals surface area contributed by atoms with Gasteiger partial charge in [-0.2, -0.15) is 0 Å². The van der Waals surface area contributed by atoms with Crippen molar-refractivity contribution < 1.29 is 28.2 Å². The molecule has 1 fully saturated rings. The number of aliphatic hydroxyl groups is 1. The van der Waals surface area contributed by atoms with Crippen molar-refractivity contribution in [2.45, 2.75) is 18.9 Å². The van der Waals surface area contributed by atoms with Gasteiger partial charge in [-0.3, -0.25) is 0 Å². The van der Waals surface area contributed by atoms with E-state index in [4.69, 9.17) is 5.11 Å². The van der Waals surface area contributed by atoms with E-state index in [1.54, 1.807) is 0 Å². The molecule has 0 aromatic heterocycles. The van der Waals surface area contributed by atoms with E-state index in [-0.39, 0.29) is 18.1 Å². The van der Waals surface area contributed by atoms with Crippen LogP contribution < -0.4 is 5.32 Å². The predicted molar refractivity (Wildman–Crippen MR) is 66.5 cm³/mol. The molecule has 110 valence electrons. The van der Waals surface area contributed by atoms with Crippen LogP contribution in [-0.2, 0) is 14.6 Å². The first-order valence-electron chi connectivity index (χ1n) is 5.83. The van der Waals surface area contributed by atoms with Crippen molar-refractivity contribution in [2.75, 3.05) is 31.1 Å². The van der Waals surface area contributed by atoms with Gasteiger partial charge in [0.1, 0.15) is 0 Å². The Morgan fingerprint density at radius 3 is 2.53 bits per heavy atom. The maximum absolute atomic E-state index is 11.7. The highest BCUT2D eigenvalue weighted by Gasteiger charge is 2.31. The Labute approximate surface area is 111 Å². The standard InChI is InChI=1S/C10H18N2O6S/c1-10(16,8(13)14)7-11-9(15)12-3-2-5-19(17,18)6-4-12/h16H,2-7H2,1H3,(H,11,15)(H,13,14). The monoisotopic (exact) mass is 294 g/mol. The number of aliphatic carboxylic acids is 1. The van der Waals surface area contributed by atoms with Gasteiger partial charge in [-0.05, 0) is 13.3 Å². The Balaban J connectivity index is 2.53. The number of sulfone groups is 1. The summed E-state index contributed by atoms with van der Waals surface area (Å²) in [4.78, 5) is 23.7. The molecule has 1 aliphatic heterocycles. The Morgan fingerprint density at radius 1 is 1.32 bits per heavy atom. The van der Waals surface area contributed by atoms with Crippen LogP contribution in [0.2, 0.25) is 0 Å². The van der Waals surface area contributed by atoms with Crippen molar-refractivity contribution in [3.63, 3.8) is 0 Å². The molecule has 9 heteroatoms. The average molecular weight is 294 g/mol. The summed E-state index contributed by atoms with van der Waals surface area (Å²) in [5.74, 6) is -1.49. The van der Waals surface area contributed by atoms with Crippen LogP contribution in [0.5, 0.6) is 0 Å². The van der Waals surface area contributed by atoms with E-state index in [0.717, 1.165) is 6.92 Å². The molecule has 0 saturated carbocycles. The molecule has 1 rings (SSSR count). The summed E-state index contributed by atoms with van der Waals surface area (Å²) in [6, 6.07) is -0.571. The molecule has 1 atom stereocenters. The molecular weight excluding hydrogens is 276 g/mol. The number of nitrogens with zero attached hydrogens (tertiary/aromatic N) is 1. The number of hydrogen-bond donors (Lipinski definition) is 3. The SMILES string of the molecule is CC(O)(CNC(=O)N1CCCS(=O)(=O)CC1)C(=O)O. The molecule has 0 radical (unpaired) electrons. The summed E-state index contributed by atoms with van der Waals surface area (Å²) in [5, 5.41) is 20.4. The molecule has 1 unspecified atom stereocenters. The number of carbonyl (C=O) groups excluding carboxylic acids is 1. The van der Waals surface area contributed by atoms with E-state index < -0.39 is 34.0 Å². The van der Waals surface area contributed by atoms with E-state index in [2.05, 4.69) is 5.32 Å². The van der Waals surface area contributed by atoms with Gasteiger partial charge in [0.05, 0.1) is 18.1 Å². The fourth-order valence-corrected chi connectivity index (χ4v) is 2.85. The van der Waals surface area contributed by atoms with Crippen LogP contribution in [0.4, 0.5) is 4.79 Å². The molecule has 1 saturated heterocycles. The summed E-state index contributed by atoms with van der Waals surface area (Å²) in [5.41, 5.74) is -2.05. The second kappa shape index (κ2) is 5.74. The maximum atomic E-state index is 11.7. The first-order chi connectivity index (χ1) is 8.64. The average Bonchev–Trinajstić information content (AvgIpc) is 2.47. The molecule has 0 bridgehead atoms. The largest absolute Gasteiger partial charge is 0.479 e. The fraction of sp³-hybridized carbons (Fsp3) is 0.800. The summed E-state index contributed by atoms with van der Waals surface area (Å²) >= 11 is 0. The topological polar surface area (TPSA) is 124 Å². The minimum atomic E-state index is -3.11. The second-order valence-electron chi connectivity index (χ2n) is 4.73. The van der Waals surface area contributed by atoms with Crippen molar-refractivity contribution in [1.29, 1.82) is 0 Å². The molecule has 0 aromatic rings. The lowest BCUT2D eigenvalue weighted by Crippen LogP contribution is -2.50. The van der Waals surface area contributed by atoms with Gasteiger partial charge in [-0.15, -0.1) is 0 Å². The number of carbonyl (C=O) groups is 2. The normalized spacial score (nSPS) is 22.1. The van der Waals surface area contributed by atoms with Gasteiger partial charge in [-0.1, -0.05) is 0 Å². The molecule has 19 heavy (non-hydrogen) atoms. The smallest absolute Gasteiger partial charge is 0.337 e. The molecule has 1 aliphatic rings. The van der Waals surface area contributed by atoms with Gasteiger partial charge in [0, 0.05) is 13.1 Å². The zero-order chi connectivity index (χ0) is 14.7. The Morgan fingerprint density at radius 2 is 1.95 bits per heavy atom. The van der Waals surface area contributed by atoms with Crippen molar-refractivity contribution >= 4 is 21.8 Å². The third-order valence-electron chi connectivity index (χ3n) is 2.89. The van der Waals surface area contributed by atoms with Crippen LogP contribution in [-0.4, -0.2) is 72.3 Å². The quantitative estimate of drug-likeness (QED) is 0.591. The van der Waals surface area contributed by atoms with Crippen molar-refractivity contribution in [2.24, 2.45) is 0 Å². The number of nitrogens with one attached hydrogen (secondary N) is 1. The van der Waals surface area contributed by atoms with E-state index in [9.17, 15) is 23.1 Å². The van der Waals surface area contributed by atoms with Gasteiger partial charge < -0.3 is 20.4 Å². The lowest BCUT2D eigenvalue weighted by molar-refractivity contribution is -0.155. The van der Waals surface area contributed by atoms with Crippen molar-refractivity contribution in [3.05, 3.63) is 0 Å². The van der Waals surface area contributed by atoms with E-state index in [0.29, 0.717) is 13.0 Å². The number of urea groups is 1. The van der Waals surface area contributed by atoms with Gasteiger partial charge in [0.2, 0.25) is 0 Å². The van der Waals surface area contributed by atoms with Crippen LogP contribution in [0.3, 0.4) is 0 Å². The number of hydrogen-bond acceptors (Lipinski definition) is 5. The minimum absolute atomic E-state index is 0.0453. The van der Waals surface area contributed by atoms with Gasteiger partial charge >= 0.3 is 12.0 Å². The molecule has 0 aliphatic carbocycles. The first kappa shape index (κ1) is 15.7. The van der Waals surface area contributed by atoms with Crippen LogP contribution >= 0.6 is 0 Å². The highest BCUT2D eigenvalue weighted by Crippen LogP contribution is 2.06. The zero-order valence-electron chi connectivity index (χ0n) is 10.6. The highest BCUT2D eigenvalue weighted by atomic mass is 32.2. The van der Waals surface area contributed by atoms with Gasteiger partial charge in [-0.25, -0.2) is 18.0 Å². The van der Waals surface area contributed by atoms with Crippen molar-refractivity contribution in [3.8, 4) is 0 Å². The first-order valence-corrected chi connectivity index (χ1v) is 7.65. The highest BCUT2D eigenvalue weighted by molar-refractivity contribution is 7.91.